The van der Waals surface area contributed by atoms with E-state index in [1.54, 1.807) is 27.7 Å². The number of ether oxygens (including phenoxy) is 1. The first kappa shape index (κ1) is 23.6. The van der Waals surface area contributed by atoms with Crippen molar-refractivity contribution in [1.82, 2.24) is 5.32 Å². The molecule has 3 heterocycles. The average molecular weight is 460 g/mol. The molecule has 0 spiro atoms. The van der Waals surface area contributed by atoms with Crippen molar-refractivity contribution >= 4 is 27.5 Å². The van der Waals surface area contributed by atoms with Crippen molar-refractivity contribution in [3.63, 3.8) is 0 Å². The Balaban J connectivity index is 2.19. The van der Waals surface area contributed by atoms with Crippen LogP contribution >= 0.6 is 0 Å². The van der Waals surface area contributed by atoms with Crippen molar-refractivity contribution in [2.75, 3.05) is 19.0 Å². The van der Waals surface area contributed by atoms with Crippen LogP contribution in [0.3, 0.4) is 0 Å². The molecule has 0 bridgehead atoms. The summed E-state index contributed by atoms with van der Waals surface area (Å²) in [6.45, 7) is 7.35. The van der Waals surface area contributed by atoms with Crippen LogP contribution in [0.15, 0.2) is 26.5 Å². The van der Waals surface area contributed by atoms with E-state index in [1.807, 2.05) is 0 Å². The first-order valence-corrected chi connectivity index (χ1v) is 11.9. The van der Waals surface area contributed by atoms with Crippen LogP contribution in [0, 0.1) is 0 Å². The summed E-state index contributed by atoms with van der Waals surface area (Å²) in [7, 11) is -3.14. The van der Waals surface area contributed by atoms with Crippen LogP contribution in [0.2, 0.25) is 0 Å². The molecule has 0 saturated carbocycles. The van der Waals surface area contributed by atoms with E-state index >= 15 is 4.39 Å². The van der Waals surface area contributed by atoms with E-state index < -0.39 is 50.1 Å². The molecule has 3 aliphatic rings. The van der Waals surface area contributed by atoms with Gasteiger partial charge in [0.1, 0.15) is 45.9 Å². The molecule has 31 heavy (non-hydrogen) atoms. The van der Waals surface area contributed by atoms with Gasteiger partial charge in [-0.3, -0.25) is 15.3 Å². The zero-order chi connectivity index (χ0) is 23.3. The molecule has 5 atom stereocenters. The maximum absolute atomic E-state index is 15.2. The molecule has 0 aromatic rings. The number of aliphatic imine (C=N–C) groups is 2. The molecule has 0 radical (unpaired) electrons. The zero-order valence-corrected chi connectivity index (χ0v) is 19.4. The Hall–Kier alpha value is -2.04. The largest absolute Gasteiger partial charge is 0.444 e. The number of fused-ring (bicyclic) bond motifs is 1. The van der Waals surface area contributed by atoms with Crippen LogP contribution in [0.25, 0.3) is 0 Å². The van der Waals surface area contributed by atoms with Crippen molar-refractivity contribution in [1.29, 1.82) is 0 Å². The molecule has 8 nitrogen and oxygen atoms in total. The van der Waals surface area contributed by atoms with E-state index in [1.165, 1.54) is 19.1 Å². The number of nitrogens with two attached hydrogens (primary N) is 1. The molecule has 0 aliphatic carbocycles. The maximum atomic E-state index is 15.2. The third-order valence-electron chi connectivity index (χ3n) is 6.19. The number of nitrogens with zero attached hydrogens (tertiary/aromatic N) is 3. The summed E-state index contributed by atoms with van der Waals surface area (Å²) in [5.41, 5.74) is 1.38. The normalized spacial score (nSPS) is 40.2. The quantitative estimate of drug-likeness (QED) is 0.660. The van der Waals surface area contributed by atoms with Crippen LogP contribution in [-0.2, 0) is 14.5 Å². The lowest BCUT2D eigenvalue weighted by atomic mass is 9.75. The highest BCUT2D eigenvalue weighted by Gasteiger charge is 2.62. The van der Waals surface area contributed by atoms with Crippen LogP contribution in [-0.4, -0.2) is 68.5 Å². The standard InChI is InChI=1S/C20H31F2N5O3S/c1-17(2,3)30-16(28)25-15-18(4)9-6-10-24-31(18,29)12-20(11-21,27-15)19(5)13(22)7-8-14(23)26-19/h7-8,13H,6,9-12H2,1-5H3,(H2,23,26)(H,25,27,28)/t13?,18-,19?,20-,31+/m0/s1. The van der Waals surface area contributed by atoms with Gasteiger partial charge in [0.15, 0.2) is 0 Å². The first-order chi connectivity index (χ1) is 14.2. The number of rotatable bonds is 2. The molecule has 3 rings (SSSR count). The van der Waals surface area contributed by atoms with Gasteiger partial charge in [-0.2, -0.15) is 0 Å². The third kappa shape index (κ3) is 3.85. The van der Waals surface area contributed by atoms with Crippen molar-refractivity contribution in [3.05, 3.63) is 12.2 Å². The van der Waals surface area contributed by atoms with E-state index in [9.17, 15) is 13.4 Å². The molecule has 174 valence electrons. The lowest BCUT2D eigenvalue weighted by Crippen LogP contribution is -2.69. The van der Waals surface area contributed by atoms with Gasteiger partial charge >= 0.3 is 6.09 Å². The maximum Gasteiger partial charge on any atom is 0.413 e. The molecule has 0 saturated heterocycles. The number of carbonyl (C=O) groups excluding carboxylic acids is 1. The third-order valence-corrected chi connectivity index (χ3v) is 9.47. The number of alkyl carbamates (subject to hydrolysis) is 1. The number of dihydropyridines is 1. The predicted octanol–water partition coefficient (Wildman–Crippen LogP) is 2.68. The second-order valence-electron chi connectivity index (χ2n) is 9.67. The molecule has 11 heteroatoms. The topological polar surface area (TPSA) is 118 Å². The molecule has 3 aliphatic heterocycles. The van der Waals surface area contributed by atoms with Crippen molar-refractivity contribution < 1.29 is 22.5 Å². The van der Waals surface area contributed by atoms with E-state index in [0.717, 1.165) is 0 Å². The van der Waals surface area contributed by atoms with Crippen molar-refractivity contribution in [2.24, 2.45) is 20.1 Å². The second kappa shape index (κ2) is 7.53. The molecular formula is C20H31F2N5O3S. The number of carbonyl (C=O) groups is 1. The van der Waals surface area contributed by atoms with E-state index in [0.29, 0.717) is 19.4 Å². The van der Waals surface area contributed by atoms with Gasteiger partial charge in [-0.15, -0.1) is 0 Å². The number of amides is 1. The number of alkyl halides is 2. The fourth-order valence-electron chi connectivity index (χ4n) is 4.21. The van der Waals surface area contributed by atoms with Crippen LogP contribution in [0.5, 0.6) is 0 Å². The summed E-state index contributed by atoms with van der Waals surface area (Å²) < 4.78 is 52.6. The van der Waals surface area contributed by atoms with Gasteiger partial charge in [-0.05, 0) is 59.6 Å². The Bertz CT molecular complexity index is 982. The summed E-state index contributed by atoms with van der Waals surface area (Å²) >= 11 is 0. The fourth-order valence-corrected chi connectivity index (χ4v) is 7.28. The summed E-state index contributed by atoms with van der Waals surface area (Å²) in [5, 5.41) is 2.57. The van der Waals surface area contributed by atoms with Crippen LogP contribution in [0.4, 0.5) is 13.6 Å². The summed E-state index contributed by atoms with van der Waals surface area (Å²) in [6, 6.07) is 0. The minimum Gasteiger partial charge on any atom is -0.444 e. The molecule has 1 amide bonds. The smallest absolute Gasteiger partial charge is 0.413 e. The Labute approximate surface area is 182 Å². The number of amidine groups is 2. The SMILES string of the molecule is CC(C)(C)OC(=O)NC1=N[C@](CF)(C2(C)N=C(N)C=CC2F)C[S@]2(=O)=NCCC[C@@]12C. The summed E-state index contributed by atoms with van der Waals surface area (Å²) in [6.07, 6.45) is 1.00. The Morgan fingerprint density at radius 3 is 2.68 bits per heavy atom. The lowest BCUT2D eigenvalue weighted by Gasteiger charge is -2.51. The van der Waals surface area contributed by atoms with Gasteiger partial charge in [0, 0.05) is 6.54 Å². The Morgan fingerprint density at radius 2 is 2.06 bits per heavy atom. The van der Waals surface area contributed by atoms with Crippen molar-refractivity contribution in [3.8, 4) is 0 Å². The van der Waals surface area contributed by atoms with E-state index in [-0.39, 0.29) is 17.4 Å². The van der Waals surface area contributed by atoms with Gasteiger partial charge in [0.2, 0.25) is 0 Å². The Morgan fingerprint density at radius 1 is 1.39 bits per heavy atom. The van der Waals surface area contributed by atoms with Gasteiger partial charge in [0.05, 0.1) is 15.5 Å². The number of nitrogens with one attached hydrogen (secondary N) is 1. The number of hydrogen-bond donors (Lipinski definition) is 2. The first-order valence-electron chi connectivity index (χ1n) is 10.2. The zero-order valence-electron chi connectivity index (χ0n) is 18.6. The number of hydrogen-bond acceptors (Lipinski definition) is 7. The highest BCUT2D eigenvalue weighted by molar-refractivity contribution is 7.96. The minimum absolute atomic E-state index is 0.0177. The van der Waals surface area contributed by atoms with E-state index in [4.69, 9.17) is 10.5 Å². The molecule has 2 unspecified atom stereocenters. The molecular weight excluding hydrogens is 428 g/mol. The van der Waals surface area contributed by atoms with Crippen LogP contribution in [0.1, 0.15) is 47.5 Å². The average Bonchev–Trinajstić information content (AvgIpc) is 2.64. The monoisotopic (exact) mass is 459 g/mol. The summed E-state index contributed by atoms with van der Waals surface area (Å²) in [5.74, 6) is -0.325. The van der Waals surface area contributed by atoms with Crippen LogP contribution < -0.4 is 11.1 Å². The predicted molar refractivity (Wildman–Crippen MR) is 118 cm³/mol. The van der Waals surface area contributed by atoms with Gasteiger partial charge in [-0.25, -0.2) is 22.1 Å². The van der Waals surface area contributed by atoms with E-state index in [2.05, 4.69) is 19.7 Å². The molecule has 3 N–H and O–H groups in total. The van der Waals surface area contributed by atoms with Gasteiger partial charge in [0.25, 0.3) is 0 Å². The van der Waals surface area contributed by atoms with Crippen molar-refractivity contribution in [2.45, 2.75) is 75.1 Å². The Kier molecular flexibility index (Phi) is 5.74. The van der Waals surface area contributed by atoms with Gasteiger partial charge < -0.3 is 10.5 Å². The lowest BCUT2D eigenvalue weighted by molar-refractivity contribution is 0.0558. The van der Waals surface area contributed by atoms with Gasteiger partial charge in [-0.1, -0.05) is 0 Å². The highest BCUT2D eigenvalue weighted by Crippen LogP contribution is 2.46. The minimum atomic E-state index is -3.14. The molecule has 0 fully saturated rings. The summed E-state index contributed by atoms with van der Waals surface area (Å²) in [4.78, 5) is 21.3. The second-order valence-corrected chi connectivity index (χ2v) is 12.4. The fraction of sp³-hybridized carbons (Fsp3) is 0.750. The number of halogens is 2. The molecule has 0 aromatic carbocycles. The highest BCUT2D eigenvalue weighted by atomic mass is 32.2. The molecule has 0 aromatic heterocycles.